The molecule has 0 aliphatic rings. The predicted molar refractivity (Wildman–Crippen MR) is 85.0 cm³/mol. The molecule has 2 nitrogen and oxygen atoms in total. The number of methoxy groups -OCH3 is 1. The van der Waals surface area contributed by atoms with E-state index in [2.05, 4.69) is 57.1 Å². The van der Waals surface area contributed by atoms with E-state index < -0.39 is 0 Å². The van der Waals surface area contributed by atoms with E-state index in [0.717, 1.165) is 23.2 Å². The van der Waals surface area contributed by atoms with Gasteiger partial charge in [-0.2, -0.15) is 11.3 Å². The van der Waals surface area contributed by atoms with Crippen molar-refractivity contribution in [3.63, 3.8) is 0 Å². The Kier molecular flexibility index (Phi) is 5.43. The van der Waals surface area contributed by atoms with Crippen LogP contribution in [0.25, 0.3) is 0 Å². The first-order valence-electron chi connectivity index (χ1n) is 6.26. The molecule has 0 radical (unpaired) electrons. The number of halogens is 1. The fourth-order valence-electron chi connectivity index (χ4n) is 1.95. The fourth-order valence-corrected chi connectivity index (χ4v) is 3.22. The Hall–Kier alpha value is -0.840. The summed E-state index contributed by atoms with van der Waals surface area (Å²) in [6, 6.07) is 8.84. The second kappa shape index (κ2) is 7.08. The molecular formula is C15H18BrNOS. The number of thiophene rings is 1. The lowest BCUT2D eigenvalue weighted by atomic mass is 10.1. The molecular weight excluding hydrogens is 322 g/mol. The smallest absolute Gasteiger partial charge is 0.133 e. The van der Waals surface area contributed by atoms with Gasteiger partial charge in [0.05, 0.1) is 11.6 Å². The molecule has 102 valence electrons. The topological polar surface area (TPSA) is 21.3 Å². The first kappa shape index (κ1) is 14.6. The molecule has 1 N–H and O–H groups in total. The van der Waals surface area contributed by atoms with Crippen LogP contribution in [0.3, 0.4) is 0 Å². The summed E-state index contributed by atoms with van der Waals surface area (Å²) in [4.78, 5) is 0. The Morgan fingerprint density at radius 1 is 1.32 bits per heavy atom. The van der Waals surface area contributed by atoms with Crippen molar-refractivity contribution in [3.8, 4) is 5.75 Å². The van der Waals surface area contributed by atoms with E-state index in [1.54, 1.807) is 18.4 Å². The number of ether oxygens (including phenoxy) is 1. The number of hydrogen-bond donors (Lipinski definition) is 1. The maximum atomic E-state index is 5.23. The molecule has 0 spiro atoms. The maximum Gasteiger partial charge on any atom is 0.133 e. The molecule has 1 atom stereocenters. The Balaban J connectivity index is 1.86. The van der Waals surface area contributed by atoms with Gasteiger partial charge < -0.3 is 10.1 Å². The van der Waals surface area contributed by atoms with Gasteiger partial charge >= 0.3 is 0 Å². The summed E-state index contributed by atoms with van der Waals surface area (Å²) < 4.78 is 6.23. The molecule has 0 bridgehead atoms. The third-order valence-corrected chi connectivity index (χ3v) is 4.34. The summed E-state index contributed by atoms with van der Waals surface area (Å²) in [5.74, 6) is 0.870. The lowest BCUT2D eigenvalue weighted by molar-refractivity contribution is 0.412. The summed E-state index contributed by atoms with van der Waals surface area (Å²) in [6.07, 6.45) is 1.07. The molecule has 19 heavy (non-hydrogen) atoms. The van der Waals surface area contributed by atoms with Crippen LogP contribution in [-0.2, 0) is 13.0 Å². The molecule has 2 rings (SSSR count). The van der Waals surface area contributed by atoms with Crippen molar-refractivity contribution in [3.05, 3.63) is 50.6 Å². The van der Waals surface area contributed by atoms with Crippen LogP contribution in [-0.4, -0.2) is 13.2 Å². The lowest BCUT2D eigenvalue weighted by Crippen LogP contribution is -2.27. The molecule has 1 heterocycles. The first-order chi connectivity index (χ1) is 9.19. The van der Waals surface area contributed by atoms with E-state index in [1.165, 1.54) is 11.1 Å². The van der Waals surface area contributed by atoms with Crippen LogP contribution >= 0.6 is 27.3 Å². The van der Waals surface area contributed by atoms with Crippen LogP contribution < -0.4 is 10.1 Å². The second-order valence-electron chi connectivity index (χ2n) is 4.59. The normalized spacial score (nSPS) is 12.4. The van der Waals surface area contributed by atoms with Crippen molar-refractivity contribution in [1.29, 1.82) is 0 Å². The Morgan fingerprint density at radius 3 is 2.79 bits per heavy atom. The van der Waals surface area contributed by atoms with Crippen LogP contribution in [0.1, 0.15) is 18.1 Å². The summed E-state index contributed by atoms with van der Waals surface area (Å²) in [5, 5.41) is 7.88. The molecule has 1 aromatic heterocycles. The van der Waals surface area contributed by atoms with Gasteiger partial charge in [0, 0.05) is 12.6 Å². The highest BCUT2D eigenvalue weighted by Gasteiger charge is 2.05. The monoisotopic (exact) mass is 339 g/mol. The third-order valence-electron chi connectivity index (χ3n) is 2.99. The molecule has 2 aromatic rings. The summed E-state index contributed by atoms with van der Waals surface area (Å²) in [7, 11) is 1.68. The van der Waals surface area contributed by atoms with Crippen molar-refractivity contribution < 1.29 is 4.74 Å². The van der Waals surface area contributed by atoms with Crippen molar-refractivity contribution in [2.24, 2.45) is 0 Å². The summed E-state index contributed by atoms with van der Waals surface area (Å²) in [5.41, 5.74) is 2.66. The zero-order chi connectivity index (χ0) is 13.7. The van der Waals surface area contributed by atoms with Crippen molar-refractivity contribution in [1.82, 2.24) is 5.32 Å². The van der Waals surface area contributed by atoms with Crippen LogP contribution in [0.4, 0.5) is 0 Å². The number of hydrogen-bond acceptors (Lipinski definition) is 3. The van der Waals surface area contributed by atoms with E-state index in [4.69, 9.17) is 4.74 Å². The molecule has 1 unspecified atom stereocenters. The highest BCUT2D eigenvalue weighted by molar-refractivity contribution is 9.10. The molecule has 0 aliphatic carbocycles. The van der Waals surface area contributed by atoms with E-state index in [-0.39, 0.29) is 0 Å². The molecule has 4 heteroatoms. The Bertz CT molecular complexity index is 513. The van der Waals surface area contributed by atoms with Crippen LogP contribution in [0.5, 0.6) is 5.75 Å². The highest BCUT2D eigenvalue weighted by atomic mass is 79.9. The molecule has 0 fully saturated rings. The van der Waals surface area contributed by atoms with E-state index >= 15 is 0 Å². The zero-order valence-corrected chi connectivity index (χ0v) is 13.6. The number of rotatable bonds is 6. The van der Waals surface area contributed by atoms with Gasteiger partial charge in [-0.25, -0.2) is 0 Å². The minimum atomic E-state index is 0.468. The standard InChI is InChI=1S/C15H18BrNOS/c1-11(7-13-5-6-19-10-13)17-9-12-3-4-15(18-2)14(16)8-12/h3-6,8,10-11,17H,7,9H2,1-2H3. The van der Waals surface area contributed by atoms with Gasteiger partial charge in [0.1, 0.15) is 5.75 Å². The van der Waals surface area contributed by atoms with Gasteiger partial charge in [-0.15, -0.1) is 0 Å². The Labute approximate surface area is 126 Å². The minimum Gasteiger partial charge on any atom is -0.496 e. The second-order valence-corrected chi connectivity index (χ2v) is 6.22. The number of nitrogens with one attached hydrogen (secondary N) is 1. The van der Waals surface area contributed by atoms with Crippen molar-refractivity contribution in [2.45, 2.75) is 25.9 Å². The fraction of sp³-hybridized carbons (Fsp3) is 0.333. The van der Waals surface area contributed by atoms with Crippen LogP contribution in [0.15, 0.2) is 39.5 Å². The van der Waals surface area contributed by atoms with Gasteiger partial charge in [0.15, 0.2) is 0 Å². The van der Waals surface area contributed by atoms with Gasteiger partial charge in [-0.3, -0.25) is 0 Å². The number of benzene rings is 1. The average Bonchev–Trinajstić information content (AvgIpc) is 2.89. The molecule has 0 aliphatic heterocycles. The summed E-state index contributed by atoms with van der Waals surface area (Å²) >= 11 is 5.27. The van der Waals surface area contributed by atoms with Crippen LogP contribution in [0, 0.1) is 0 Å². The maximum absolute atomic E-state index is 5.23. The van der Waals surface area contributed by atoms with E-state index in [9.17, 15) is 0 Å². The van der Waals surface area contributed by atoms with Gasteiger partial charge in [-0.1, -0.05) is 6.07 Å². The SMILES string of the molecule is COc1ccc(CNC(C)Cc2ccsc2)cc1Br. The molecule has 0 saturated carbocycles. The Morgan fingerprint density at radius 2 is 2.16 bits per heavy atom. The van der Waals surface area contributed by atoms with Gasteiger partial charge in [0.2, 0.25) is 0 Å². The summed E-state index contributed by atoms with van der Waals surface area (Å²) in [6.45, 7) is 3.09. The lowest BCUT2D eigenvalue weighted by Gasteiger charge is -2.14. The van der Waals surface area contributed by atoms with Crippen molar-refractivity contribution >= 4 is 27.3 Å². The molecule has 0 amide bonds. The largest absolute Gasteiger partial charge is 0.496 e. The quantitative estimate of drug-likeness (QED) is 0.849. The first-order valence-corrected chi connectivity index (χ1v) is 7.99. The zero-order valence-electron chi connectivity index (χ0n) is 11.2. The van der Waals surface area contributed by atoms with Gasteiger partial charge in [-0.05, 0) is 69.4 Å². The molecule has 1 aromatic carbocycles. The molecule has 0 saturated heterocycles. The minimum absolute atomic E-state index is 0.468. The highest BCUT2D eigenvalue weighted by Crippen LogP contribution is 2.25. The van der Waals surface area contributed by atoms with E-state index in [0.29, 0.717) is 6.04 Å². The van der Waals surface area contributed by atoms with Gasteiger partial charge in [0.25, 0.3) is 0 Å². The average molecular weight is 340 g/mol. The van der Waals surface area contributed by atoms with Crippen molar-refractivity contribution in [2.75, 3.05) is 7.11 Å². The van der Waals surface area contributed by atoms with Crippen LogP contribution in [0.2, 0.25) is 0 Å². The van der Waals surface area contributed by atoms with E-state index in [1.807, 2.05) is 6.07 Å². The predicted octanol–water partition coefficient (Wildman–Crippen LogP) is 4.24. The third kappa shape index (κ3) is 4.34.